The maximum atomic E-state index is 12.8. The Morgan fingerprint density at radius 3 is 1.38 bits per heavy atom. The van der Waals surface area contributed by atoms with E-state index >= 15 is 0 Å². The number of nitrogens with one attached hydrogen (secondary N) is 1. The van der Waals surface area contributed by atoms with Gasteiger partial charge in [0.05, 0.1) is 6.61 Å². The van der Waals surface area contributed by atoms with E-state index in [9.17, 15) is 14.4 Å². The first-order valence-electron chi connectivity index (χ1n) is 25.2. The van der Waals surface area contributed by atoms with Gasteiger partial charge in [-0.15, -0.1) is 0 Å². The first-order chi connectivity index (χ1) is 28.1. The van der Waals surface area contributed by atoms with Crippen molar-refractivity contribution in [3.05, 3.63) is 0 Å². The van der Waals surface area contributed by atoms with Gasteiger partial charge >= 0.3 is 18.0 Å². The molecule has 0 bridgehead atoms. The molecule has 0 aliphatic rings. The second-order valence-electron chi connectivity index (χ2n) is 18.2. The number of ether oxygens (including phenoxy) is 3. The molecule has 0 aliphatic heterocycles. The summed E-state index contributed by atoms with van der Waals surface area (Å²) in [5.41, 5.74) is -0.501. The Kier molecular flexibility index (Phi) is 40.6. The van der Waals surface area contributed by atoms with E-state index in [2.05, 4.69) is 31.0 Å². The zero-order chi connectivity index (χ0) is 42.8. The van der Waals surface area contributed by atoms with Gasteiger partial charge in [0, 0.05) is 19.4 Å². The maximum Gasteiger partial charge on any atom is 0.407 e. The lowest BCUT2D eigenvalue weighted by Gasteiger charge is -2.23. The van der Waals surface area contributed by atoms with Gasteiger partial charge in [-0.2, -0.15) is 0 Å². The molecule has 0 aromatic heterocycles. The number of amides is 1. The van der Waals surface area contributed by atoms with Crippen LogP contribution in [0.4, 0.5) is 4.79 Å². The lowest BCUT2D eigenvalue weighted by molar-refractivity contribution is -0.150. The molecule has 1 N–H and O–H groups in total. The number of alkyl carbamates (subject to hydrolysis) is 1. The molecule has 0 aromatic rings. The molecule has 0 heterocycles. The van der Waals surface area contributed by atoms with Gasteiger partial charge in [0.25, 0.3) is 0 Å². The van der Waals surface area contributed by atoms with Crippen LogP contribution in [-0.2, 0) is 23.8 Å². The second kappa shape index (κ2) is 41.9. The topological polar surface area (TPSA) is 94.2 Å². The normalized spacial score (nSPS) is 11.7. The number of rotatable bonds is 43. The number of nitrogens with zero attached hydrogens (tertiary/aromatic N) is 1. The predicted octanol–water partition coefficient (Wildman–Crippen LogP) is 14.6. The molecule has 0 saturated carbocycles. The third kappa shape index (κ3) is 42.3. The minimum absolute atomic E-state index is 0.000183. The summed E-state index contributed by atoms with van der Waals surface area (Å²) < 4.78 is 17.0. The molecule has 8 heteroatoms. The molecule has 344 valence electrons. The van der Waals surface area contributed by atoms with Crippen LogP contribution in [-0.4, -0.2) is 67.4 Å². The Balaban J connectivity index is 4.47. The summed E-state index contributed by atoms with van der Waals surface area (Å²) in [5.74, 6) is -0.0563. The highest BCUT2D eigenvalue weighted by atomic mass is 16.6. The van der Waals surface area contributed by atoms with E-state index in [1.54, 1.807) is 0 Å². The molecule has 0 atom stereocenters. The minimum Gasteiger partial charge on any atom is -0.466 e. The van der Waals surface area contributed by atoms with Crippen molar-refractivity contribution in [2.45, 2.75) is 272 Å². The van der Waals surface area contributed by atoms with Crippen molar-refractivity contribution in [3.63, 3.8) is 0 Å². The van der Waals surface area contributed by atoms with E-state index in [1.165, 1.54) is 122 Å². The summed E-state index contributed by atoms with van der Waals surface area (Å²) >= 11 is 0. The SMILES string of the molecule is CCCCCCCCCCCOC(=O)CCCCCN(CCCCCCCC(=O)OC(CCCCCCCC)CCCCCCCC)CCCNC(=O)OC(C)(C)C. The highest BCUT2D eigenvalue weighted by Gasteiger charge is 2.16. The van der Waals surface area contributed by atoms with Crippen molar-refractivity contribution in [1.29, 1.82) is 0 Å². The monoisotopic (exact) mass is 823 g/mol. The van der Waals surface area contributed by atoms with E-state index in [0.717, 1.165) is 103 Å². The zero-order valence-electron chi connectivity index (χ0n) is 39.6. The van der Waals surface area contributed by atoms with Crippen LogP contribution in [0.1, 0.15) is 260 Å². The van der Waals surface area contributed by atoms with Crippen LogP contribution in [0.3, 0.4) is 0 Å². The average molecular weight is 823 g/mol. The Morgan fingerprint density at radius 1 is 0.483 bits per heavy atom. The van der Waals surface area contributed by atoms with Crippen LogP contribution in [0.5, 0.6) is 0 Å². The van der Waals surface area contributed by atoms with Gasteiger partial charge in [-0.1, -0.05) is 162 Å². The summed E-state index contributed by atoms with van der Waals surface area (Å²) in [5, 5.41) is 2.90. The van der Waals surface area contributed by atoms with Crippen molar-refractivity contribution < 1.29 is 28.6 Å². The minimum atomic E-state index is -0.501. The highest BCUT2D eigenvalue weighted by molar-refractivity contribution is 5.69. The number of hydrogen-bond acceptors (Lipinski definition) is 7. The van der Waals surface area contributed by atoms with Gasteiger partial charge < -0.3 is 24.4 Å². The van der Waals surface area contributed by atoms with Gasteiger partial charge in [-0.25, -0.2) is 4.79 Å². The molecule has 0 saturated heterocycles. The number of hydrogen-bond donors (Lipinski definition) is 1. The average Bonchev–Trinajstić information content (AvgIpc) is 3.18. The van der Waals surface area contributed by atoms with E-state index in [-0.39, 0.29) is 24.1 Å². The Labute approximate surface area is 360 Å². The van der Waals surface area contributed by atoms with E-state index in [0.29, 0.717) is 26.0 Å². The van der Waals surface area contributed by atoms with Gasteiger partial charge in [0.1, 0.15) is 11.7 Å². The Hall–Kier alpha value is -1.83. The number of unbranched alkanes of at least 4 members (excludes halogenated alkanes) is 24. The van der Waals surface area contributed by atoms with E-state index < -0.39 is 5.60 Å². The molecule has 8 nitrogen and oxygen atoms in total. The molecular formula is C50H98N2O6. The molecule has 0 radical (unpaired) electrons. The summed E-state index contributed by atoms with van der Waals surface area (Å²) in [6.07, 6.45) is 38.6. The molecule has 0 fully saturated rings. The van der Waals surface area contributed by atoms with Crippen molar-refractivity contribution in [2.75, 3.05) is 32.8 Å². The van der Waals surface area contributed by atoms with Crippen LogP contribution in [0.25, 0.3) is 0 Å². The second-order valence-corrected chi connectivity index (χ2v) is 18.2. The summed E-state index contributed by atoms with van der Waals surface area (Å²) in [6, 6.07) is 0. The lowest BCUT2D eigenvalue weighted by Crippen LogP contribution is -2.35. The first-order valence-corrected chi connectivity index (χ1v) is 25.2. The van der Waals surface area contributed by atoms with E-state index in [1.807, 2.05) is 20.8 Å². The zero-order valence-corrected chi connectivity index (χ0v) is 39.6. The number of esters is 2. The van der Waals surface area contributed by atoms with Gasteiger partial charge in [0.2, 0.25) is 0 Å². The third-order valence-corrected chi connectivity index (χ3v) is 11.1. The fourth-order valence-electron chi connectivity index (χ4n) is 7.54. The molecule has 0 rings (SSSR count). The molecular weight excluding hydrogens is 725 g/mol. The van der Waals surface area contributed by atoms with Crippen LogP contribution < -0.4 is 5.32 Å². The standard InChI is InChI=1S/C50H98N2O6/c1-7-10-13-16-19-20-21-27-35-45-56-47(53)39-32-28-34-43-52(44-36-41-51-49(55)58-50(4,5)6)42-33-26-22-25-31-40-48(54)57-46(37-29-23-17-14-11-8-2)38-30-24-18-15-12-9-3/h46H,7-45H2,1-6H3,(H,51,55). The number of carbonyl (C=O) groups is 3. The number of carbonyl (C=O) groups excluding carboxylic acids is 3. The van der Waals surface area contributed by atoms with Crippen LogP contribution >= 0.6 is 0 Å². The smallest absolute Gasteiger partial charge is 0.407 e. The van der Waals surface area contributed by atoms with Crippen molar-refractivity contribution in [1.82, 2.24) is 10.2 Å². The summed E-state index contributed by atoms with van der Waals surface area (Å²) in [7, 11) is 0. The van der Waals surface area contributed by atoms with Gasteiger partial charge in [-0.3, -0.25) is 9.59 Å². The van der Waals surface area contributed by atoms with E-state index in [4.69, 9.17) is 14.2 Å². The quantitative estimate of drug-likeness (QED) is 0.0372. The fraction of sp³-hybridized carbons (Fsp3) is 0.940. The van der Waals surface area contributed by atoms with Crippen molar-refractivity contribution >= 4 is 18.0 Å². The molecule has 0 aliphatic carbocycles. The van der Waals surface area contributed by atoms with Gasteiger partial charge in [0.15, 0.2) is 0 Å². The predicted molar refractivity (Wildman–Crippen MR) is 246 cm³/mol. The molecule has 58 heavy (non-hydrogen) atoms. The fourth-order valence-corrected chi connectivity index (χ4v) is 7.54. The van der Waals surface area contributed by atoms with Crippen LogP contribution in [0.2, 0.25) is 0 Å². The molecule has 1 amide bonds. The lowest BCUT2D eigenvalue weighted by atomic mass is 10.0. The molecule has 0 spiro atoms. The molecule has 0 unspecified atom stereocenters. The van der Waals surface area contributed by atoms with Crippen LogP contribution in [0.15, 0.2) is 0 Å². The summed E-state index contributed by atoms with van der Waals surface area (Å²) in [4.78, 5) is 39.7. The molecule has 0 aromatic carbocycles. The van der Waals surface area contributed by atoms with Crippen molar-refractivity contribution in [2.24, 2.45) is 0 Å². The Bertz CT molecular complexity index is 906. The van der Waals surface area contributed by atoms with Crippen molar-refractivity contribution in [3.8, 4) is 0 Å². The van der Waals surface area contributed by atoms with Gasteiger partial charge in [-0.05, 0) is 105 Å². The third-order valence-electron chi connectivity index (χ3n) is 11.1. The first kappa shape index (κ1) is 56.2. The Morgan fingerprint density at radius 2 is 0.879 bits per heavy atom. The largest absolute Gasteiger partial charge is 0.466 e. The summed E-state index contributed by atoms with van der Waals surface area (Å²) in [6.45, 7) is 16.5. The maximum absolute atomic E-state index is 12.8. The highest BCUT2D eigenvalue weighted by Crippen LogP contribution is 2.19. The van der Waals surface area contributed by atoms with Crippen LogP contribution in [0, 0.1) is 0 Å².